The summed E-state index contributed by atoms with van der Waals surface area (Å²) in [5.41, 5.74) is 4.75. The highest BCUT2D eigenvalue weighted by Crippen LogP contribution is 2.36. The van der Waals surface area contributed by atoms with Gasteiger partial charge in [-0.3, -0.25) is 9.78 Å². The maximum atomic E-state index is 12.3. The zero-order valence-corrected chi connectivity index (χ0v) is 17.0. The number of fused-ring (bicyclic) bond motifs is 2. The molecule has 2 aromatic carbocycles. The first-order valence-electron chi connectivity index (χ1n) is 9.68. The summed E-state index contributed by atoms with van der Waals surface area (Å²) in [4.78, 5) is 24.3. The Balaban J connectivity index is 1.84. The summed E-state index contributed by atoms with van der Waals surface area (Å²) in [5, 5.41) is 11.3. The number of nitriles is 1. The lowest BCUT2D eigenvalue weighted by molar-refractivity contribution is 1.14. The van der Waals surface area contributed by atoms with Crippen molar-refractivity contribution in [1.82, 2.24) is 15.0 Å². The van der Waals surface area contributed by atoms with E-state index in [1.165, 1.54) is 0 Å². The normalized spacial score (nSPS) is 11.0. The molecule has 0 aliphatic rings. The molecule has 1 N–H and O–H groups in total. The fourth-order valence-electron chi connectivity index (χ4n) is 3.74. The van der Waals surface area contributed by atoms with Crippen LogP contribution in [-0.2, 0) is 6.42 Å². The summed E-state index contributed by atoms with van der Waals surface area (Å²) in [7, 11) is 0. The molecule has 0 aliphatic carbocycles. The van der Waals surface area contributed by atoms with Crippen molar-refractivity contribution in [2.75, 3.05) is 0 Å². The summed E-state index contributed by atoms with van der Waals surface area (Å²) in [5.74, 6) is 0. The van der Waals surface area contributed by atoms with Gasteiger partial charge in [0.1, 0.15) is 5.65 Å². The van der Waals surface area contributed by atoms with Gasteiger partial charge in [-0.25, -0.2) is 4.98 Å². The van der Waals surface area contributed by atoms with Crippen LogP contribution in [0, 0.1) is 11.3 Å². The molecule has 148 valence electrons. The maximum Gasteiger partial charge on any atom is 0.253 e. The monoisotopic (exact) mass is 422 g/mol. The van der Waals surface area contributed by atoms with Gasteiger partial charge in [-0.05, 0) is 35.9 Å². The molecular formula is C25H15ClN4O. The molecule has 0 aliphatic heterocycles. The fourth-order valence-corrected chi connectivity index (χ4v) is 4.01. The number of H-pyrrole nitrogens is 1. The zero-order chi connectivity index (χ0) is 21.4. The number of benzene rings is 2. The first kappa shape index (κ1) is 19.0. The van der Waals surface area contributed by atoms with Crippen LogP contribution in [0.5, 0.6) is 0 Å². The predicted molar refractivity (Wildman–Crippen MR) is 123 cm³/mol. The predicted octanol–water partition coefficient (Wildman–Crippen LogP) is 5.52. The average Bonchev–Trinajstić information content (AvgIpc) is 2.79. The number of halogens is 1. The molecule has 3 heterocycles. The van der Waals surface area contributed by atoms with Gasteiger partial charge < -0.3 is 4.98 Å². The standard InChI is InChI=1S/C25H15ClN4O/c26-21-14-18(11-16-7-4-10-28-23(16)21)20-13-19-12-17(8-9-27)25(31)30-24(19)29-22(20)15-5-2-1-3-6-15/h1-7,10-14H,8H2,(H,29,30,31). The van der Waals surface area contributed by atoms with Gasteiger partial charge >= 0.3 is 0 Å². The van der Waals surface area contributed by atoms with Gasteiger partial charge in [0, 0.05) is 33.7 Å². The summed E-state index contributed by atoms with van der Waals surface area (Å²) in [6.45, 7) is 0. The van der Waals surface area contributed by atoms with E-state index in [0.717, 1.165) is 38.7 Å². The molecule has 0 saturated heterocycles. The van der Waals surface area contributed by atoms with Crippen LogP contribution in [0.1, 0.15) is 5.56 Å². The van der Waals surface area contributed by atoms with Gasteiger partial charge in [0.2, 0.25) is 0 Å². The number of aromatic amines is 1. The summed E-state index contributed by atoms with van der Waals surface area (Å²) >= 11 is 6.55. The van der Waals surface area contributed by atoms with Crippen molar-refractivity contribution in [1.29, 1.82) is 5.26 Å². The van der Waals surface area contributed by atoms with Crippen molar-refractivity contribution in [3.8, 4) is 28.5 Å². The molecule has 6 heteroatoms. The fraction of sp³-hybridized carbons (Fsp3) is 0.0400. The van der Waals surface area contributed by atoms with Gasteiger partial charge in [0.05, 0.1) is 28.7 Å². The minimum Gasteiger partial charge on any atom is -0.306 e. The Morgan fingerprint density at radius 1 is 0.968 bits per heavy atom. The minimum atomic E-state index is -0.298. The molecule has 5 nitrogen and oxygen atoms in total. The van der Waals surface area contributed by atoms with Crippen LogP contribution in [0.4, 0.5) is 0 Å². The van der Waals surface area contributed by atoms with Gasteiger partial charge in [-0.2, -0.15) is 5.26 Å². The second-order valence-electron chi connectivity index (χ2n) is 7.18. The molecule has 0 unspecified atom stereocenters. The third kappa shape index (κ3) is 3.43. The van der Waals surface area contributed by atoms with E-state index in [1.807, 2.05) is 66.7 Å². The summed E-state index contributed by atoms with van der Waals surface area (Å²) in [6, 6.07) is 23.3. The van der Waals surface area contributed by atoms with E-state index in [-0.39, 0.29) is 12.0 Å². The molecule has 5 aromatic rings. The molecule has 3 aromatic heterocycles. The van der Waals surface area contributed by atoms with Crippen LogP contribution >= 0.6 is 11.6 Å². The van der Waals surface area contributed by atoms with Crippen LogP contribution in [0.2, 0.25) is 5.02 Å². The second-order valence-corrected chi connectivity index (χ2v) is 7.59. The highest BCUT2D eigenvalue weighted by molar-refractivity contribution is 6.35. The molecule has 0 radical (unpaired) electrons. The van der Waals surface area contributed by atoms with Crippen LogP contribution in [0.25, 0.3) is 44.3 Å². The Morgan fingerprint density at radius 2 is 1.81 bits per heavy atom. The van der Waals surface area contributed by atoms with E-state index in [9.17, 15) is 4.79 Å². The SMILES string of the molecule is N#CCc1cc2cc(-c3cc(Cl)c4ncccc4c3)c(-c3ccccc3)nc2[nH]c1=O. The molecule has 0 fully saturated rings. The van der Waals surface area contributed by atoms with Crippen molar-refractivity contribution in [2.24, 2.45) is 0 Å². The molecule has 0 atom stereocenters. The van der Waals surface area contributed by atoms with Crippen molar-refractivity contribution >= 4 is 33.5 Å². The Hall–Kier alpha value is -4.01. The quantitative estimate of drug-likeness (QED) is 0.414. The van der Waals surface area contributed by atoms with Gasteiger partial charge in [-0.15, -0.1) is 0 Å². The largest absolute Gasteiger partial charge is 0.306 e. The zero-order valence-electron chi connectivity index (χ0n) is 16.3. The lowest BCUT2D eigenvalue weighted by atomic mass is 9.96. The molecule has 0 amide bonds. The average molecular weight is 423 g/mol. The van der Waals surface area contributed by atoms with Crippen molar-refractivity contribution in [3.63, 3.8) is 0 Å². The van der Waals surface area contributed by atoms with E-state index >= 15 is 0 Å². The van der Waals surface area contributed by atoms with Crippen molar-refractivity contribution in [2.45, 2.75) is 6.42 Å². The Kier molecular flexibility index (Phi) is 4.70. The van der Waals surface area contributed by atoms with Gasteiger partial charge in [0.25, 0.3) is 5.56 Å². The Labute approximate surface area is 182 Å². The van der Waals surface area contributed by atoms with Gasteiger partial charge in [0.15, 0.2) is 0 Å². The molecule has 0 bridgehead atoms. The number of hydrogen-bond acceptors (Lipinski definition) is 4. The number of nitrogens with zero attached hydrogens (tertiary/aromatic N) is 3. The number of nitrogens with one attached hydrogen (secondary N) is 1. The number of rotatable bonds is 3. The highest BCUT2D eigenvalue weighted by atomic mass is 35.5. The summed E-state index contributed by atoms with van der Waals surface area (Å²) in [6.07, 6.45) is 1.75. The maximum absolute atomic E-state index is 12.3. The van der Waals surface area contributed by atoms with Crippen LogP contribution in [-0.4, -0.2) is 15.0 Å². The summed E-state index contributed by atoms with van der Waals surface area (Å²) < 4.78 is 0. The smallest absolute Gasteiger partial charge is 0.253 e. The molecule has 5 rings (SSSR count). The Bertz CT molecular complexity index is 1550. The van der Waals surface area contributed by atoms with Crippen LogP contribution < -0.4 is 5.56 Å². The number of pyridine rings is 3. The molecule has 0 spiro atoms. The van der Waals surface area contributed by atoms with E-state index in [2.05, 4.69) is 9.97 Å². The topological polar surface area (TPSA) is 82.4 Å². The molecular weight excluding hydrogens is 408 g/mol. The van der Waals surface area contributed by atoms with Crippen LogP contribution in [0.15, 0.2) is 77.7 Å². The lowest BCUT2D eigenvalue weighted by Crippen LogP contribution is -2.12. The van der Waals surface area contributed by atoms with Crippen molar-refractivity contribution in [3.05, 3.63) is 93.9 Å². The second kappa shape index (κ2) is 7.67. The van der Waals surface area contributed by atoms with E-state index in [4.69, 9.17) is 21.8 Å². The van der Waals surface area contributed by atoms with E-state index < -0.39 is 0 Å². The van der Waals surface area contributed by atoms with Gasteiger partial charge in [-0.1, -0.05) is 48.0 Å². The molecule has 31 heavy (non-hydrogen) atoms. The first-order chi connectivity index (χ1) is 15.1. The third-order valence-corrected chi connectivity index (χ3v) is 5.48. The highest BCUT2D eigenvalue weighted by Gasteiger charge is 2.15. The lowest BCUT2D eigenvalue weighted by Gasteiger charge is -2.13. The number of aromatic nitrogens is 3. The number of hydrogen-bond donors (Lipinski definition) is 1. The Morgan fingerprint density at radius 3 is 2.61 bits per heavy atom. The van der Waals surface area contributed by atoms with E-state index in [1.54, 1.807) is 12.3 Å². The van der Waals surface area contributed by atoms with Crippen LogP contribution in [0.3, 0.4) is 0 Å². The minimum absolute atomic E-state index is 0.0362. The molecule has 0 saturated carbocycles. The van der Waals surface area contributed by atoms with Crippen molar-refractivity contribution < 1.29 is 0 Å². The third-order valence-electron chi connectivity index (χ3n) is 5.19. The first-order valence-corrected chi connectivity index (χ1v) is 10.1. The van der Waals surface area contributed by atoms with E-state index in [0.29, 0.717) is 16.2 Å².